The minimum Gasteiger partial charge on any atom is -0.478 e. The number of hydrogen-bond acceptors (Lipinski definition) is 6. The summed E-state index contributed by atoms with van der Waals surface area (Å²) in [5.41, 5.74) is -0.137. The van der Waals surface area contributed by atoms with Crippen molar-refractivity contribution in [3.05, 3.63) is 57.3 Å². The SMILES string of the molecule is CC(F)(F)c1cc(CNC2NC=C(F)C=C2C(=O)O)c2nc(N3CCC4(CC3)CC4)[nH]c(=O)c2c1. The van der Waals surface area contributed by atoms with Gasteiger partial charge in [-0.15, -0.1) is 0 Å². The van der Waals surface area contributed by atoms with Crippen LogP contribution < -0.4 is 21.1 Å². The molecule has 1 saturated carbocycles. The van der Waals surface area contributed by atoms with Gasteiger partial charge in [0.25, 0.3) is 11.5 Å². The number of aromatic amines is 1. The molecule has 2 aromatic rings. The Labute approximate surface area is 198 Å². The molecule has 1 unspecified atom stereocenters. The number of allylic oxidation sites excluding steroid dienone is 2. The zero-order chi connectivity index (χ0) is 25.0. The first kappa shape index (κ1) is 23.4. The monoisotopic (exact) mass is 489 g/mol. The standard InChI is InChI=1S/C24H26F3N5O3/c1-23(26,27)14-8-13(11-28-19-17(21(34)35)10-15(25)12-29-19)18-16(9-14)20(33)31-22(30-18)32-6-4-24(2-3-24)5-7-32/h8-10,12,19,28-29H,2-7,11H2,1H3,(H,34,35)(H,30,31,33). The number of dihydropyridines is 1. The Morgan fingerprint density at radius 2 is 2.00 bits per heavy atom. The number of fused-ring (bicyclic) bond motifs is 1. The molecule has 5 rings (SSSR count). The van der Waals surface area contributed by atoms with Crippen molar-refractivity contribution >= 4 is 22.8 Å². The molecule has 186 valence electrons. The van der Waals surface area contributed by atoms with Crippen LogP contribution in [-0.4, -0.2) is 40.3 Å². The molecule has 4 N–H and O–H groups in total. The average molecular weight is 489 g/mol. The minimum absolute atomic E-state index is 0.0248. The van der Waals surface area contributed by atoms with Gasteiger partial charge in [-0.05, 0) is 54.9 Å². The molecule has 1 aliphatic carbocycles. The van der Waals surface area contributed by atoms with E-state index in [1.807, 2.05) is 4.90 Å². The van der Waals surface area contributed by atoms with E-state index in [4.69, 9.17) is 0 Å². The van der Waals surface area contributed by atoms with Crippen molar-refractivity contribution in [2.24, 2.45) is 5.41 Å². The van der Waals surface area contributed by atoms with Crippen LogP contribution in [0.4, 0.5) is 19.1 Å². The van der Waals surface area contributed by atoms with E-state index in [0.29, 0.717) is 16.9 Å². The zero-order valence-corrected chi connectivity index (χ0v) is 19.1. The van der Waals surface area contributed by atoms with E-state index in [1.54, 1.807) is 0 Å². The maximum Gasteiger partial charge on any atom is 0.335 e. The normalized spacial score (nSPS) is 21.5. The van der Waals surface area contributed by atoms with Crippen molar-refractivity contribution in [3.8, 4) is 0 Å². The van der Waals surface area contributed by atoms with Crippen molar-refractivity contribution < 1.29 is 23.1 Å². The van der Waals surface area contributed by atoms with Gasteiger partial charge in [-0.25, -0.2) is 22.9 Å². The van der Waals surface area contributed by atoms with Crippen molar-refractivity contribution in [1.29, 1.82) is 0 Å². The number of anilines is 1. The Morgan fingerprint density at radius 1 is 1.29 bits per heavy atom. The van der Waals surface area contributed by atoms with Gasteiger partial charge < -0.3 is 15.3 Å². The minimum atomic E-state index is -3.21. The van der Waals surface area contributed by atoms with Gasteiger partial charge in [-0.2, -0.15) is 0 Å². The lowest BCUT2D eigenvalue weighted by atomic mass is 9.94. The first-order valence-corrected chi connectivity index (χ1v) is 11.5. The topological polar surface area (TPSA) is 110 Å². The summed E-state index contributed by atoms with van der Waals surface area (Å²) in [4.78, 5) is 33.9. The summed E-state index contributed by atoms with van der Waals surface area (Å²) in [6, 6.07) is 2.41. The van der Waals surface area contributed by atoms with E-state index < -0.39 is 29.4 Å². The van der Waals surface area contributed by atoms with Crippen LogP contribution >= 0.6 is 0 Å². The summed E-state index contributed by atoms with van der Waals surface area (Å²) in [7, 11) is 0. The van der Waals surface area contributed by atoms with Gasteiger partial charge >= 0.3 is 5.97 Å². The van der Waals surface area contributed by atoms with Gasteiger partial charge in [0, 0.05) is 38.3 Å². The molecular weight excluding hydrogens is 463 g/mol. The molecule has 1 aromatic heterocycles. The fraction of sp³-hybridized carbons (Fsp3) is 0.458. The van der Waals surface area contributed by atoms with E-state index in [0.717, 1.165) is 51.2 Å². The Bertz CT molecular complexity index is 1300. The van der Waals surface area contributed by atoms with Gasteiger partial charge in [-0.3, -0.25) is 15.1 Å². The van der Waals surface area contributed by atoms with Crippen LogP contribution in [0.5, 0.6) is 0 Å². The van der Waals surface area contributed by atoms with Gasteiger partial charge in [-0.1, -0.05) is 0 Å². The van der Waals surface area contributed by atoms with Crippen LogP contribution in [0, 0.1) is 5.41 Å². The Morgan fingerprint density at radius 3 is 2.63 bits per heavy atom. The van der Waals surface area contributed by atoms with Crippen LogP contribution in [0.3, 0.4) is 0 Å². The molecule has 3 aliphatic rings. The third kappa shape index (κ3) is 4.64. The third-order valence-corrected chi connectivity index (χ3v) is 7.20. The van der Waals surface area contributed by atoms with Gasteiger partial charge in [0.1, 0.15) is 12.0 Å². The van der Waals surface area contributed by atoms with E-state index in [1.165, 1.54) is 18.9 Å². The molecule has 3 heterocycles. The van der Waals surface area contributed by atoms with Gasteiger partial charge in [0.05, 0.1) is 16.5 Å². The number of piperidine rings is 1. The number of hydrogen-bond donors (Lipinski definition) is 4. The number of carboxylic acids is 1. The van der Waals surface area contributed by atoms with Crippen molar-refractivity contribution in [1.82, 2.24) is 20.6 Å². The molecule has 35 heavy (non-hydrogen) atoms. The fourth-order valence-electron chi connectivity index (χ4n) is 4.80. The van der Waals surface area contributed by atoms with Crippen LogP contribution in [0.15, 0.2) is 40.6 Å². The average Bonchev–Trinajstić information content (AvgIpc) is 3.56. The van der Waals surface area contributed by atoms with Crippen LogP contribution in [0.1, 0.15) is 43.7 Å². The van der Waals surface area contributed by atoms with Gasteiger partial charge in [0.15, 0.2) is 0 Å². The van der Waals surface area contributed by atoms with E-state index in [2.05, 4.69) is 20.6 Å². The maximum atomic E-state index is 14.2. The quantitative estimate of drug-likeness (QED) is 0.493. The zero-order valence-electron chi connectivity index (χ0n) is 19.1. The van der Waals surface area contributed by atoms with Crippen molar-refractivity contribution in [2.45, 2.75) is 51.2 Å². The van der Waals surface area contributed by atoms with Crippen molar-refractivity contribution in [2.75, 3.05) is 18.0 Å². The number of benzene rings is 1. The molecule has 1 spiro atoms. The number of alkyl halides is 2. The molecule has 8 nitrogen and oxygen atoms in total. The number of halogens is 3. The maximum absolute atomic E-state index is 14.2. The van der Waals surface area contributed by atoms with Gasteiger partial charge in [0.2, 0.25) is 5.95 Å². The highest BCUT2D eigenvalue weighted by molar-refractivity contribution is 5.89. The summed E-state index contributed by atoms with van der Waals surface area (Å²) in [6.07, 6.45) is 5.43. The smallest absolute Gasteiger partial charge is 0.335 e. The number of carboxylic acid groups (broad SMARTS) is 1. The molecule has 0 bridgehead atoms. The summed E-state index contributed by atoms with van der Waals surface area (Å²) in [6.45, 7) is 2.16. The van der Waals surface area contributed by atoms with Crippen LogP contribution in [-0.2, 0) is 17.3 Å². The molecule has 2 aliphatic heterocycles. The number of nitrogens with zero attached hydrogens (tertiary/aromatic N) is 2. The number of aromatic nitrogens is 2. The fourth-order valence-corrected chi connectivity index (χ4v) is 4.80. The number of carbonyl (C=O) groups is 1. The second-order valence-corrected chi connectivity index (χ2v) is 9.71. The first-order valence-electron chi connectivity index (χ1n) is 11.5. The largest absolute Gasteiger partial charge is 0.478 e. The Hall–Kier alpha value is -3.34. The molecule has 1 atom stereocenters. The number of nitrogens with one attached hydrogen (secondary N) is 3. The number of H-pyrrole nitrogens is 1. The summed E-state index contributed by atoms with van der Waals surface area (Å²) in [5.74, 6) is -4.89. The van der Waals surface area contributed by atoms with Crippen LogP contribution in [0.2, 0.25) is 0 Å². The van der Waals surface area contributed by atoms with E-state index >= 15 is 0 Å². The predicted octanol–water partition coefficient (Wildman–Crippen LogP) is 3.26. The predicted molar refractivity (Wildman–Crippen MR) is 124 cm³/mol. The van der Waals surface area contributed by atoms with E-state index in [-0.39, 0.29) is 28.6 Å². The lowest BCUT2D eigenvalue weighted by Gasteiger charge is -2.32. The highest BCUT2D eigenvalue weighted by atomic mass is 19.3. The first-order chi connectivity index (χ1) is 16.5. The van der Waals surface area contributed by atoms with Crippen LogP contribution in [0.25, 0.3) is 10.9 Å². The second-order valence-electron chi connectivity index (χ2n) is 9.71. The molecular formula is C24H26F3N5O3. The number of rotatable bonds is 6. The molecule has 0 radical (unpaired) electrons. The summed E-state index contributed by atoms with van der Waals surface area (Å²) >= 11 is 0. The lowest BCUT2D eigenvalue weighted by Crippen LogP contribution is -2.44. The highest BCUT2D eigenvalue weighted by Crippen LogP contribution is 2.53. The summed E-state index contributed by atoms with van der Waals surface area (Å²) < 4.78 is 42.0. The Balaban J connectivity index is 1.50. The molecule has 11 heteroatoms. The highest BCUT2D eigenvalue weighted by Gasteiger charge is 2.44. The summed E-state index contributed by atoms with van der Waals surface area (Å²) in [5, 5.41) is 15.0. The Kier molecular flexibility index (Phi) is 5.62. The molecule has 1 saturated heterocycles. The molecule has 1 aromatic carbocycles. The molecule has 0 amide bonds. The third-order valence-electron chi connectivity index (χ3n) is 7.20. The molecule has 2 fully saturated rings. The lowest BCUT2D eigenvalue weighted by molar-refractivity contribution is -0.133. The second kappa shape index (κ2) is 8.40. The van der Waals surface area contributed by atoms with Crippen molar-refractivity contribution in [3.63, 3.8) is 0 Å². The number of aliphatic carboxylic acids is 1. The van der Waals surface area contributed by atoms with E-state index in [9.17, 15) is 27.9 Å².